The van der Waals surface area contributed by atoms with Crippen molar-refractivity contribution in [2.45, 2.75) is 50.6 Å². The Morgan fingerprint density at radius 1 is 1.11 bits per heavy atom. The van der Waals surface area contributed by atoms with Crippen molar-refractivity contribution in [2.24, 2.45) is 5.18 Å². The fraction of sp³-hybridized carbons (Fsp3) is 0.480. The molecule has 35 heavy (non-hydrogen) atoms. The second-order valence-electron chi connectivity index (χ2n) is 9.14. The predicted octanol–water partition coefficient (Wildman–Crippen LogP) is 4.80. The lowest BCUT2D eigenvalue weighted by molar-refractivity contribution is 0.0944. The summed E-state index contributed by atoms with van der Waals surface area (Å²) < 4.78 is 7.01. The summed E-state index contributed by atoms with van der Waals surface area (Å²) in [7, 11) is 0. The summed E-state index contributed by atoms with van der Waals surface area (Å²) in [4.78, 5) is 34.9. The number of thiazole rings is 1. The third-order valence-electron chi connectivity index (χ3n) is 6.65. The van der Waals surface area contributed by atoms with E-state index in [-0.39, 0.29) is 18.0 Å². The molecule has 1 amide bonds. The number of hydrogen-bond acceptors (Lipinski definition) is 9. The van der Waals surface area contributed by atoms with E-state index in [1.54, 1.807) is 18.3 Å². The van der Waals surface area contributed by atoms with Crippen molar-refractivity contribution in [1.82, 2.24) is 20.2 Å². The zero-order valence-electron chi connectivity index (χ0n) is 19.6. The third-order valence-corrected chi connectivity index (χ3v) is 7.60. The van der Waals surface area contributed by atoms with Gasteiger partial charge in [0, 0.05) is 31.4 Å². The minimum atomic E-state index is -0.201. The standard InChI is InChI=1S/C25H30N6O3S/c32-24(27-11-14-31-12-3-4-13-31)22-15-18(9-10-26-22)34-17-7-8-21-23(16-17)35-25(29-21)28-19-5-1-2-6-20(19)30-33/h7-10,15-16,19-20H,1-6,11-14H2,(H,27,32)(H,28,29)/t19-,20-/m1/s1. The topological polar surface area (TPSA) is 109 Å². The summed E-state index contributed by atoms with van der Waals surface area (Å²) in [6.45, 7) is 3.68. The SMILES string of the molecule is O=N[C@@H]1CCCC[C@H]1Nc1nc2ccc(Oc3ccnc(C(=O)NCCN4CCCC4)c3)cc2s1. The fourth-order valence-corrected chi connectivity index (χ4v) is 5.71. The van der Waals surface area contributed by atoms with E-state index in [0.717, 1.165) is 60.7 Å². The minimum absolute atomic E-state index is 0.0364. The van der Waals surface area contributed by atoms with E-state index in [4.69, 9.17) is 4.74 Å². The van der Waals surface area contributed by atoms with Crippen LogP contribution in [0.25, 0.3) is 10.2 Å². The van der Waals surface area contributed by atoms with Gasteiger partial charge in [0.15, 0.2) is 5.13 Å². The molecule has 3 heterocycles. The highest BCUT2D eigenvalue weighted by atomic mass is 32.1. The number of nitrogens with zero attached hydrogens (tertiary/aromatic N) is 4. The van der Waals surface area contributed by atoms with Crippen LogP contribution in [0.5, 0.6) is 11.5 Å². The molecule has 184 valence electrons. The van der Waals surface area contributed by atoms with Gasteiger partial charge in [-0.2, -0.15) is 4.91 Å². The van der Waals surface area contributed by atoms with Crippen molar-refractivity contribution in [3.63, 3.8) is 0 Å². The molecule has 1 aliphatic heterocycles. The maximum absolute atomic E-state index is 12.5. The molecule has 9 nitrogen and oxygen atoms in total. The Kier molecular flexibility index (Phi) is 7.48. The maximum Gasteiger partial charge on any atom is 0.270 e. The highest BCUT2D eigenvalue weighted by Crippen LogP contribution is 2.33. The van der Waals surface area contributed by atoms with Crippen LogP contribution < -0.4 is 15.4 Å². The van der Waals surface area contributed by atoms with Crippen molar-refractivity contribution >= 4 is 32.6 Å². The van der Waals surface area contributed by atoms with Crippen LogP contribution in [0.1, 0.15) is 49.0 Å². The molecule has 1 saturated heterocycles. The van der Waals surface area contributed by atoms with Gasteiger partial charge in [-0.3, -0.25) is 9.78 Å². The van der Waals surface area contributed by atoms with Crippen LogP contribution in [0.3, 0.4) is 0 Å². The molecular weight excluding hydrogens is 464 g/mol. The van der Waals surface area contributed by atoms with E-state index in [0.29, 0.717) is 23.7 Å². The first-order chi connectivity index (χ1) is 17.2. The van der Waals surface area contributed by atoms with Crippen LogP contribution in [-0.4, -0.2) is 59.0 Å². The average molecular weight is 495 g/mol. The lowest BCUT2D eigenvalue weighted by Gasteiger charge is -2.26. The van der Waals surface area contributed by atoms with Crippen LogP contribution in [0.2, 0.25) is 0 Å². The minimum Gasteiger partial charge on any atom is -0.457 e. The first-order valence-electron chi connectivity index (χ1n) is 12.3. The number of benzene rings is 1. The van der Waals surface area contributed by atoms with Gasteiger partial charge < -0.3 is 20.3 Å². The Bertz CT molecular complexity index is 1180. The van der Waals surface area contributed by atoms with Gasteiger partial charge in [-0.05, 0) is 57.0 Å². The number of pyridine rings is 1. The molecule has 0 bridgehead atoms. The van der Waals surface area contributed by atoms with E-state index >= 15 is 0 Å². The number of anilines is 1. The molecular formula is C25H30N6O3S. The maximum atomic E-state index is 12.5. The molecule has 2 N–H and O–H groups in total. The second kappa shape index (κ2) is 11.1. The molecule has 1 aromatic carbocycles. The highest BCUT2D eigenvalue weighted by Gasteiger charge is 2.26. The summed E-state index contributed by atoms with van der Waals surface area (Å²) in [6.07, 6.45) is 7.95. The van der Waals surface area contributed by atoms with Gasteiger partial charge in [0.1, 0.15) is 23.2 Å². The molecule has 1 saturated carbocycles. The highest BCUT2D eigenvalue weighted by molar-refractivity contribution is 7.22. The van der Waals surface area contributed by atoms with Gasteiger partial charge in [0.05, 0.1) is 16.3 Å². The number of ether oxygens (including phenoxy) is 1. The molecule has 2 aromatic heterocycles. The van der Waals surface area contributed by atoms with Crippen molar-refractivity contribution in [1.29, 1.82) is 0 Å². The Labute approximate surface area is 208 Å². The summed E-state index contributed by atoms with van der Waals surface area (Å²) in [5, 5.41) is 10.4. The van der Waals surface area contributed by atoms with Crippen LogP contribution in [-0.2, 0) is 0 Å². The summed E-state index contributed by atoms with van der Waals surface area (Å²) >= 11 is 1.53. The Balaban J connectivity index is 1.21. The Hall–Kier alpha value is -3.11. The fourth-order valence-electron chi connectivity index (χ4n) is 4.75. The molecule has 0 radical (unpaired) electrons. The number of rotatable bonds is 9. The molecule has 2 aliphatic rings. The molecule has 1 aliphatic carbocycles. The van der Waals surface area contributed by atoms with Crippen molar-refractivity contribution in [2.75, 3.05) is 31.5 Å². The van der Waals surface area contributed by atoms with Gasteiger partial charge in [0.25, 0.3) is 5.91 Å². The second-order valence-corrected chi connectivity index (χ2v) is 10.2. The van der Waals surface area contributed by atoms with Crippen LogP contribution in [0, 0.1) is 4.91 Å². The molecule has 10 heteroatoms. The van der Waals surface area contributed by atoms with E-state index in [1.807, 2.05) is 18.2 Å². The molecule has 2 atom stereocenters. The molecule has 5 rings (SSSR count). The number of carbonyl (C=O) groups excluding carboxylic acids is 1. The lowest BCUT2D eigenvalue weighted by atomic mass is 9.91. The number of amides is 1. The van der Waals surface area contributed by atoms with Gasteiger partial charge in [-0.1, -0.05) is 29.4 Å². The van der Waals surface area contributed by atoms with Gasteiger partial charge >= 0.3 is 0 Å². The van der Waals surface area contributed by atoms with E-state index < -0.39 is 0 Å². The molecule has 0 spiro atoms. The largest absolute Gasteiger partial charge is 0.457 e. The van der Waals surface area contributed by atoms with E-state index in [9.17, 15) is 9.70 Å². The summed E-state index contributed by atoms with van der Waals surface area (Å²) in [5.41, 5.74) is 1.20. The van der Waals surface area contributed by atoms with Crippen molar-refractivity contribution in [3.05, 3.63) is 47.1 Å². The normalized spacial score (nSPS) is 20.6. The zero-order chi connectivity index (χ0) is 24.0. The smallest absolute Gasteiger partial charge is 0.270 e. The van der Waals surface area contributed by atoms with E-state index in [1.165, 1.54) is 24.2 Å². The number of fused-ring (bicyclic) bond motifs is 1. The number of hydrogen-bond donors (Lipinski definition) is 2. The van der Waals surface area contributed by atoms with Gasteiger partial charge in [-0.25, -0.2) is 4.98 Å². The Morgan fingerprint density at radius 2 is 1.94 bits per heavy atom. The molecule has 0 unspecified atom stereocenters. The molecule has 2 fully saturated rings. The predicted molar refractivity (Wildman–Crippen MR) is 137 cm³/mol. The summed E-state index contributed by atoms with van der Waals surface area (Å²) in [5.74, 6) is 1.01. The number of nitroso groups, excluding NO2 is 1. The van der Waals surface area contributed by atoms with Crippen LogP contribution in [0.4, 0.5) is 5.13 Å². The monoisotopic (exact) mass is 494 g/mol. The average Bonchev–Trinajstić information content (AvgIpc) is 3.54. The quantitative estimate of drug-likeness (QED) is 0.411. The Morgan fingerprint density at radius 3 is 2.80 bits per heavy atom. The van der Waals surface area contributed by atoms with Crippen molar-refractivity contribution < 1.29 is 9.53 Å². The van der Waals surface area contributed by atoms with Gasteiger partial charge in [-0.15, -0.1) is 0 Å². The number of aromatic nitrogens is 2. The van der Waals surface area contributed by atoms with Crippen LogP contribution in [0.15, 0.2) is 41.7 Å². The number of carbonyl (C=O) groups is 1. The third kappa shape index (κ3) is 5.94. The van der Waals surface area contributed by atoms with Crippen molar-refractivity contribution in [3.8, 4) is 11.5 Å². The summed E-state index contributed by atoms with van der Waals surface area (Å²) in [6, 6.07) is 8.94. The lowest BCUT2D eigenvalue weighted by Crippen LogP contribution is -2.34. The zero-order valence-corrected chi connectivity index (χ0v) is 20.4. The first kappa shape index (κ1) is 23.6. The van der Waals surface area contributed by atoms with Gasteiger partial charge in [0.2, 0.25) is 0 Å². The van der Waals surface area contributed by atoms with Crippen LogP contribution >= 0.6 is 11.3 Å². The van der Waals surface area contributed by atoms with E-state index in [2.05, 4.69) is 30.7 Å². The first-order valence-corrected chi connectivity index (χ1v) is 13.1. The number of likely N-dealkylation sites (tertiary alicyclic amines) is 1. The number of nitrogens with one attached hydrogen (secondary N) is 2. The molecule has 3 aromatic rings.